The average Bonchev–Trinajstić information content (AvgIpc) is 2.43. The molecule has 20 heavy (non-hydrogen) atoms. The number of hydrogen-bond donors (Lipinski definition) is 1. The van der Waals surface area contributed by atoms with E-state index in [-0.39, 0.29) is 5.82 Å². The topological polar surface area (TPSA) is 29.3 Å². The molecule has 0 heterocycles. The third-order valence-corrected chi connectivity index (χ3v) is 3.44. The molecule has 0 radical (unpaired) electrons. The quantitative estimate of drug-likeness (QED) is 0.816. The second kappa shape index (κ2) is 7.06. The van der Waals surface area contributed by atoms with Crippen LogP contribution in [0.25, 0.3) is 0 Å². The molecule has 0 saturated heterocycles. The standard InChI is InChI=1S/C17H21FN2/c1-20(13-15-8-2-4-10-16(15)18)12-6-9-14-7-3-5-11-17(14)19/h2-5,7-8,10-11H,6,9,12-13,19H2,1H3. The Morgan fingerprint density at radius 2 is 1.65 bits per heavy atom. The Morgan fingerprint density at radius 1 is 1.00 bits per heavy atom. The summed E-state index contributed by atoms with van der Waals surface area (Å²) in [6, 6.07) is 14.9. The van der Waals surface area contributed by atoms with E-state index in [1.807, 2.05) is 37.4 Å². The minimum atomic E-state index is -0.133. The number of nitrogen functional groups attached to an aromatic ring is 1. The largest absolute Gasteiger partial charge is 0.399 e. The van der Waals surface area contributed by atoms with Gasteiger partial charge < -0.3 is 10.6 Å². The molecular formula is C17H21FN2. The van der Waals surface area contributed by atoms with Crippen molar-refractivity contribution in [3.05, 3.63) is 65.5 Å². The maximum absolute atomic E-state index is 13.5. The third kappa shape index (κ3) is 4.07. The highest BCUT2D eigenvalue weighted by Crippen LogP contribution is 2.14. The Morgan fingerprint density at radius 3 is 2.35 bits per heavy atom. The summed E-state index contributed by atoms with van der Waals surface area (Å²) in [4.78, 5) is 2.14. The summed E-state index contributed by atoms with van der Waals surface area (Å²) in [6.07, 6.45) is 1.97. The highest BCUT2D eigenvalue weighted by atomic mass is 19.1. The van der Waals surface area contributed by atoms with Gasteiger partial charge >= 0.3 is 0 Å². The molecule has 106 valence electrons. The maximum atomic E-state index is 13.5. The van der Waals surface area contributed by atoms with Crippen LogP contribution < -0.4 is 5.73 Å². The molecule has 2 aromatic carbocycles. The van der Waals surface area contributed by atoms with E-state index >= 15 is 0 Å². The smallest absolute Gasteiger partial charge is 0.127 e. The zero-order valence-electron chi connectivity index (χ0n) is 11.8. The van der Waals surface area contributed by atoms with Crippen molar-refractivity contribution in [2.75, 3.05) is 19.3 Å². The monoisotopic (exact) mass is 272 g/mol. The minimum Gasteiger partial charge on any atom is -0.399 e. The molecule has 0 bridgehead atoms. The van der Waals surface area contributed by atoms with E-state index < -0.39 is 0 Å². The van der Waals surface area contributed by atoms with Gasteiger partial charge in [0.15, 0.2) is 0 Å². The fraction of sp³-hybridized carbons (Fsp3) is 0.294. The molecule has 0 unspecified atom stereocenters. The van der Waals surface area contributed by atoms with Gasteiger partial charge in [-0.1, -0.05) is 36.4 Å². The Bertz CT molecular complexity index is 554. The van der Waals surface area contributed by atoms with Crippen molar-refractivity contribution in [3.63, 3.8) is 0 Å². The summed E-state index contributed by atoms with van der Waals surface area (Å²) in [7, 11) is 2.01. The normalized spacial score (nSPS) is 10.9. The van der Waals surface area contributed by atoms with Gasteiger partial charge in [-0.15, -0.1) is 0 Å². The van der Waals surface area contributed by atoms with Gasteiger partial charge in [-0.3, -0.25) is 0 Å². The van der Waals surface area contributed by atoms with Crippen LogP contribution in [0.3, 0.4) is 0 Å². The third-order valence-electron chi connectivity index (χ3n) is 3.44. The van der Waals surface area contributed by atoms with Crippen LogP contribution in [0.15, 0.2) is 48.5 Å². The van der Waals surface area contributed by atoms with Gasteiger partial charge in [0.05, 0.1) is 0 Å². The van der Waals surface area contributed by atoms with E-state index in [4.69, 9.17) is 5.73 Å². The van der Waals surface area contributed by atoms with E-state index in [1.54, 1.807) is 6.07 Å². The number of anilines is 1. The molecule has 0 spiro atoms. The molecule has 0 aliphatic carbocycles. The molecular weight excluding hydrogens is 251 g/mol. The summed E-state index contributed by atoms with van der Waals surface area (Å²) >= 11 is 0. The maximum Gasteiger partial charge on any atom is 0.127 e. The van der Waals surface area contributed by atoms with Crippen LogP contribution in [-0.2, 0) is 13.0 Å². The van der Waals surface area contributed by atoms with Crippen LogP contribution in [0.5, 0.6) is 0 Å². The van der Waals surface area contributed by atoms with Gasteiger partial charge in [-0.2, -0.15) is 0 Å². The fourth-order valence-electron chi connectivity index (χ4n) is 2.30. The van der Waals surface area contributed by atoms with Gasteiger partial charge in [0.1, 0.15) is 5.82 Å². The number of nitrogens with two attached hydrogens (primary N) is 1. The molecule has 0 aliphatic rings. The predicted molar refractivity (Wildman–Crippen MR) is 81.9 cm³/mol. The molecule has 2 nitrogen and oxygen atoms in total. The fourth-order valence-corrected chi connectivity index (χ4v) is 2.30. The molecule has 0 fully saturated rings. The lowest BCUT2D eigenvalue weighted by molar-refractivity contribution is 0.317. The van der Waals surface area contributed by atoms with E-state index in [0.29, 0.717) is 6.54 Å². The van der Waals surface area contributed by atoms with Crippen molar-refractivity contribution in [2.24, 2.45) is 0 Å². The van der Waals surface area contributed by atoms with Crippen molar-refractivity contribution < 1.29 is 4.39 Å². The van der Waals surface area contributed by atoms with Crippen molar-refractivity contribution in [1.29, 1.82) is 0 Å². The van der Waals surface area contributed by atoms with Crippen LogP contribution in [0.1, 0.15) is 17.5 Å². The SMILES string of the molecule is CN(CCCc1ccccc1N)Cc1ccccc1F. The second-order valence-electron chi connectivity index (χ2n) is 5.13. The van der Waals surface area contributed by atoms with Crippen molar-refractivity contribution >= 4 is 5.69 Å². The summed E-state index contributed by atoms with van der Waals surface area (Å²) in [5.74, 6) is -0.133. The van der Waals surface area contributed by atoms with Gasteiger partial charge in [-0.05, 0) is 44.1 Å². The second-order valence-corrected chi connectivity index (χ2v) is 5.13. The van der Waals surface area contributed by atoms with Crippen LogP contribution in [0, 0.1) is 5.82 Å². The predicted octanol–water partition coefficient (Wildman–Crippen LogP) is 3.47. The van der Waals surface area contributed by atoms with Crippen LogP contribution >= 0.6 is 0 Å². The summed E-state index contributed by atoms with van der Waals surface area (Å²) in [5, 5.41) is 0. The van der Waals surface area contributed by atoms with Crippen LogP contribution in [0.4, 0.5) is 10.1 Å². The number of rotatable bonds is 6. The minimum absolute atomic E-state index is 0.133. The van der Waals surface area contributed by atoms with E-state index in [0.717, 1.165) is 30.6 Å². The molecule has 2 aromatic rings. The summed E-state index contributed by atoms with van der Waals surface area (Å²) in [6.45, 7) is 1.56. The molecule has 0 atom stereocenters. The van der Waals surface area contributed by atoms with Gasteiger partial charge in [0.25, 0.3) is 0 Å². The highest BCUT2D eigenvalue weighted by molar-refractivity contribution is 5.46. The number of nitrogens with zero attached hydrogens (tertiary/aromatic N) is 1. The van der Waals surface area contributed by atoms with E-state index in [1.165, 1.54) is 11.6 Å². The number of aryl methyl sites for hydroxylation is 1. The van der Waals surface area contributed by atoms with Crippen molar-refractivity contribution in [3.8, 4) is 0 Å². The number of benzene rings is 2. The molecule has 0 aromatic heterocycles. The van der Waals surface area contributed by atoms with Crippen LogP contribution in [-0.4, -0.2) is 18.5 Å². The van der Waals surface area contributed by atoms with Gasteiger partial charge in [0.2, 0.25) is 0 Å². The van der Waals surface area contributed by atoms with Crippen LogP contribution in [0.2, 0.25) is 0 Å². The zero-order valence-corrected chi connectivity index (χ0v) is 11.8. The van der Waals surface area contributed by atoms with E-state index in [2.05, 4.69) is 11.0 Å². The molecule has 0 aliphatic heterocycles. The molecule has 2 rings (SSSR count). The van der Waals surface area contributed by atoms with Gasteiger partial charge in [-0.25, -0.2) is 4.39 Å². The summed E-state index contributed by atoms with van der Waals surface area (Å²) in [5.41, 5.74) is 8.70. The first-order valence-electron chi connectivity index (χ1n) is 6.92. The first kappa shape index (κ1) is 14.5. The van der Waals surface area contributed by atoms with Gasteiger partial charge in [0, 0.05) is 17.8 Å². The number of halogens is 1. The highest BCUT2D eigenvalue weighted by Gasteiger charge is 2.05. The first-order valence-corrected chi connectivity index (χ1v) is 6.92. The Hall–Kier alpha value is -1.87. The Balaban J connectivity index is 1.80. The molecule has 3 heteroatoms. The lowest BCUT2D eigenvalue weighted by atomic mass is 10.1. The van der Waals surface area contributed by atoms with Crippen molar-refractivity contribution in [1.82, 2.24) is 4.90 Å². The van der Waals surface area contributed by atoms with E-state index in [9.17, 15) is 4.39 Å². The molecule has 0 amide bonds. The lowest BCUT2D eigenvalue weighted by Gasteiger charge is -2.17. The Labute approximate surface area is 120 Å². The summed E-state index contributed by atoms with van der Waals surface area (Å²) < 4.78 is 13.5. The average molecular weight is 272 g/mol. The molecule has 2 N–H and O–H groups in total. The number of para-hydroxylation sites is 1. The zero-order chi connectivity index (χ0) is 14.4. The first-order chi connectivity index (χ1) is 9.66. The molecule has 0 saturated carbocycles. The lowest BCUT2D eigenvalue weighted by Crippen LogP contribution is -2.20. The number of hydrogen-bond acceptors (Lipinski definition) is 2. The van der Waals surface area contributed by atoms with Crippen molar-refractivity contribution in [2.45, 2.75) is 19.4 Å². The Kier molecular flexibility index (Phi) is 5.13.